The van der Waals surface area contributed by atoms with Crippen LogP contribution in [0.3, 0.4) is 0 Å². The smallest absolute Gasteiger partial charge is 0.409 e. The number of methoxy groups -OCH3 is 1. The highest BCUT2D eigenvalue weighted by atomic mass is 16.5. The van der Waals surface area contributed by atoms with Crippen molar-refractivity contribution >= 4 is 28.2 Å². The Bertz CT molecular complexity index is 893. The van der Waals surface area contributed by atoms with Gasteiger partial charge in [0, 0.05) is 6.54 Å². The fourth-order valence-corrected chi connectivity index (χ4v) is 2.83. The Kier molecular flexibility index (Phi) is 5.04. The molecule has 0 bridgehead atoms. The molecule has 1 amide bonds. The number of nitrogens with one attached hydrogen (secondary N) is 2. The van der Waals surface area contributed by atoms with E-state index in [0.29, 0.717) is 23.7 Å². The van der Waals surface area contributed by atoms with Crippen LogP contribution in [0.25, 0.3) is 10.8 Å². The van der Waals surface area contributed by atoms with E-state index in [9.17, 15) is 4.79 Å². The molecule has 128 valence electrons. The molecule has 3 N–H and O–H groups in total. The van der Waals surface area contributed by atoms with Gasteiger partial charge in [-0.15, -0.1) is 0 Å². The van der Waals surface area contributed by atoms with Gasteiger partial charge in [0.2, 0.25) is 0 Å². The SMILES string of the molecule is COc1cccc(NC(=O)O)c1NCCc1ccc2ccccc2c1. The number of amides is 1. The molecular weight excluding hydrogens is 316 g/mol. The first kappa shape index (κ1) is 16.6. The Balaban J connectivity index is 1.73. The van der Waals surface area contributed by atoms with Crippen molar-refractivity contribution < 1.29 is 14.6 Å². The molecule has 3 aromatic carbocycles. The molecule has 0 saturated carbocycles. The van der Waals surface area contributed by atoms with Crippen molar-refractivity contribution in [3.63, 3.8) is 0 Å². The lowest BCUT2D eigenvalue weighted by Gasteiger charge is -2.15. The zero-order chi connectivity index (χ0) is 17.6. The van der Waals surface area contributed by atoms with Crippen LogP contribution < -0.4 is 15.4 Å². The van der Waals surface area contributed by atoms with Crippen LogP contribution in [0.4, 0.5) is 16.2 Å². The molecule has 0 unspecified atom stereocenters. The Morgan fingerprint density at radius 1 is 1.04 bits per heavy atom. The third kappa shape index (κ3) is 4.01. The third-order valence-electron chi connectivity index (χ3n) is 4.02. The van der Waals surface area contributed by atoms with Crippen molar-refractivity contribution in [2.75, 3.05) is 24.3 Å². The fraction of sp³-hybridized carbons (Fsp3) is 0.150. The predicted molar refractivity (Wildman–Crippen MR) is 101 cm³/mol. The number of carbonyl (C=O) groups is 1. The summed E-state index contributed by atoms with van der Waals surface area (Å²) in [5, 5.41) is 17.1. The highest BCUT2D eigenvalue weighted by molar-refractivity contribution is 5.90. The fourth-order valence-electron chi connectivity index (χ4n) is 2.83. The molecule has 0 saturated heterocycles. The van der Waals surface area contributed by atoms with Gasteiger partial charge in [0.25, 0.3) is 0 Å². The lowest BCUT2D eigenvalue weighted by Crippen LogP contribution is -2.12. The second-order valence-electron chi connectivity index (χ2n) is 5.67. The van der Waals surface area contributed by atoms with E-state index in [1.807, 2.05) is 12.1 Å². The van der Waals surface area contributed by atoms with Gasteiger partial charge in [-0.05, 0) is 34.9 Å². The molecule has 0 aromatic heterocycles. The summed E-state index contributed by atoms with van der Waals surface area (Å²) in [4.78, 5) is 11.0. The molecule has 0 aliphatic rings. The zero-order valence-electron chi connectivity index (χ0n) is 14.0. The Morgan fingerprint density at radius 2 is 1.84 bits per heavy atom. The molecule has 0 radical (unpaired) electrons. The number of anilines is 2. The molecule has 25 heavy (non-hydrogen) atoms. The summed E-state index contributed by atoms with van der Waals surface area (Å²) in [6.45, 7) is 0.660. The standard InChI is InChI=1S/C20H20N2O3/c1-25-18-8-4-7-17(22-20(23)24)19(18)21-12-11-14-9-10-15-5-2-3-6-16(15)13-14/h2-10,13,21-22H,11-12H2,1H3,(H,23,24). The maximum Gasteiger partial charge on any atom is 0.409 e. The van der Waals surface area contributed by atoms with Gasteiger partial charge in [-0.2, -0.15) is 0 Å². The summed E-state index contributed by atoms with van der Waals surface area (Å²) in [5.74, 6) is 0.602. The summed E-state index contributed by atoms with van der Waals surface area (Å²) in [6.07, 6.45) is -0.291. The van der Waals surface area contributed by atoms with Gasteiger partial charge in [0.05, 0.1) is 12.8 Å². The van der Waals surface area contributed by atoms with E-state index >= 15 is 0 Å². The van der Waals surface area contributed by atoms with E-state index in [0.717, 1.165) is 6.42 Å². The molecule has 0 heterocycles. The topological polar surface area (TPSA) is 70.6 Å². The number of carboxylic acid groups (broad SMARTS) is 1. The first-order chi connectivity index (χ1) is 12.2. The first-order valence-electron chi connectivity index (χ1n) is 8.06. The van der Waals surface area contributed by atoms with Gasteiger partial charge in [0.1, 0.15) is 11.4 Å². The lowest BCUT2D eigenvalue weighted by molar-refractivity contribution is 0.210. The number of rotatable bonds is 6. The van der Waals surface area contributed by atoms with E-state index < -0.39 is 6.09 Å². The van der Waals surface area contributed by atoms with Gasteiger partial charge < -0.3 is 15.2 Å². The van der Waals surface area contributed by atoms with Crippen LogP contribution in [0, 0.1) is 0 Å². The largest absolute Gasteiger partial charge is 0.495 e. The van der Waals surface area contributed by atoms with Crippen LogP contribution in [0.2, 0.25) is 0 Å². The molecule has 0 fully saturated rings. The van der Waals surface area contributed by atoms with Crippen molar-refractivity contribution in [2.24, 2.45) is 0 Å². The van der Waals surface area contributed by atoms with E-state index in [1.54, 1.807) is 25.3 Å². The minimum Gasteiger partial charge on any atom is -0.495 e. The number of hydrogen-bond donors (Lipinski definition) is 3. The van der Waals surface area contributed by atoms with Crippen molar-refractivity contribution in [1.29, 1.82) is 0 Å². The molecule has 0 aliphatic carbocycles. The molecule has 5 heteroatoms. The van der Waals surface area contributed by atoms with Crippen molar-refractivity contribution in [2.45, 2.75) is 6.42 Å². The molecule has 0 atom stereocenters. The van der Waals surface area contributed by atoms with E-state index in [-0.39, 0.29) is 0 Å². The van der Waals surface area contributed by atoms with Gasteiger partial charge in [-0.1, -0.05) is 48.5 Å². The average molecular weight is 336 g/mol. The van der Waals surface area contributed by atoms with Crippen LogP contribution in [0.5, 0.6) is 5.75 Å². The van der Waals surface area contributed by atoms with Crippen LogP contribution in [-0.4, -0.2) is 24.9 Å². The van der Waals surface area contributed by atoms with Gasteiger partial charge >= 0.3 is 6.09 Å². The normalized spacial score (nSPS) is 10.4. The molecule has 3 rings (SSSR count). The molecular formula is C20H20N2O3. The van der Waals surface area contributed by atoms with Gasteiger partial charge in [-0.25, -0.2) is 4.79 Å². The number of para-hydroxylation sites is 1. The Morgan fingerprint density at radius 3 is 2.60 bits per heavy atom. The third-order valence-corrected chi connectivity index (χ3v) is 4.02. The number of ether oxygens (including phenoxy) is 1. The highest BCUT2D eigenvalue weighted by Crippen LogP contribution is 2.32. The quantitative estimate of drug-likeness (QED) is 0.615. The Hall–Kier alpha value is -3.21. The Labute approximate surface area is 146 Å². The summed E-state index contributed by atoms with van der Waals surface area (Å²) < 4.78 is 5.33. The van der Waals surface area contributed by atoms with Gasteiger partial charge in [-0.3, -0.25) is 5.32 Å². The van der Waals surface area contributed by atoms with Crippen LogP contribution in [0.1, 0.15) is 5.56 Å². The monoisotopic (exact) mass is 336 g/mol. The second kappa shape index (κ2) is 7.57. The number of fused-ring (bicyclic) bond motifs is 1. The van der Waals surface area contributed by atoms with E-state index in [4.69, 9.17) is 9.84 Å². The van der Waals surface area contributed by atoms with Crippen LogP contribution >= 0.6 is 0 Å². The maximum atomic E-state index is 11.0. The number of benzene rings is 3. The minimum absolute atomic E-state index is 0.477. The summed E-state index contributed by atoms with van der Waals surface area (Å²) in [5.41, 5.74) is 2.34. The van der Waals surface area contributed by atoms with Crippen molar-refractivity contribution in [1.82, 2.24) is 0 Å². The van der Waals surface area contributed by atoms with Crippen molar-refractivity contribution in [3.05, 3.63) is 66.2 Å². The summed E-state index contributed by atoms with van der Waals surface area (Å²) in [6, 6.07) is 19.9. The van der Waals surface area contributed by atoms with Gasteiger partial charge in [0.15, 0.2) is 0 Å². The summed E-state index contributed by atoms with van der Waals surface area (Å²) >= 11 is 0. The molecule has 3 aromatic rings. The molecule has 0 aliphatic heterocycles. The van der Waals surface area contributed by atoms with Crippen LogP contribution in [0.15, 0.2) is 60.7 Å². The van der Waals surface area contributed by atoms with Crippen LogP contribution in [-0.2, 0) is 6.42 Å². The van der Waals surface area contributed by atoms with Crippen molar-refractivity contribution in [3.8, 4) is 5.75 Å². The predicted octanol–water partition coefficient (Wildman–Crippen LogP) is 4.59. The average Bonchev–Trinajstić information content (AvgIpc) is 2.62. The second-order valence-corrected chi connectivity index (χ2v) is 5.67. The molecule has 5 nitrogen and oxygen atoms in total. The maximum absolute atomic E-state index is 11.0. The molecule has 0 spiro atoms. The van der Waals surface area contributed by atoms with E-state index in [1.165, 1.54) is 16.3 Å². The minimum atomic E-state index is -1.11. The highest BCUT2D eigenvalue weighted by Gasteiger charge is 2.10. The summed E-state index contributed by atoms with van der Waals surface area (Å²) in [7, 11) is 1.56. The lowest BCUT2D eigenvalue weighted by atomic mass is 10.1. The van der Waals surface area contributed by atoms with E-state index in [2.05, 4.69) is 41.0 Å². The first-order valence-corrected chi connectivity index (χ1v) is 8.06. The number of hydrogen-bond acceptors (Lipinski definition) is 3. The zero-order valence-corrected chi connectivity index (χ0v) is 14.0.